The third-order valence-corrected chi connectivity index (χ3v) is 6.32. The number of hydrogen-bond acceptors (Lipinski definition) is 5. The molecular weight excluding hydrogens is 474 g/mol. The van der Waals surface area contributed by atoms with Gasteiger partial charge in [0, 0.05) is 12.1 Å². The molecule has 1 aliphatic heterocycles. The zero-order valence-corrected chi connectivity index (χ0v) is 19.9. The van der Waals surface area contributed by atoms with Crippen LogP contribution in [0.4, 0.5) is 5.69 Å². The van der Waals surface area contributed by atoms with Crippen LogP contribution in [0.3, 0.4) is 0 Å². The highest BCUT2D eigenvalue weighted by atomic mass is 79.9. The van der Waals surface area contributed by atoms with E-state index in [1.54, 1.807) is 45.5 Å². The Balaban J connectivity index is 1.84. The minimum atomic E-state index is -0.310. The van der Waals surface area contributed by atoms with Crippen molar-refractivity contribution in [3.63, 3.8) is 0 Å². The molecule has 2 atom stereocenters. The maximum atomic E-state index is 13.5. The fourth-order valence-corrected chi connectivity index (χ4v) is 4.73. The van der Waals surface area contributed by atoms with Gasteiger partial charge in [0.05, 0.1) is 50.6 Å². The number of halogens is 1. The van der Waals surface area contributed by atoms with Crippen molar-refractivity contribution in [2.75, 3.05) is 33.3 Å². The molecule has 166 valence electrons. The molecule has 0 radical (unpaired) electrons. The van der Waals surface area contributed by atoms with Crippen molar-refractivity contribution in [2.45, 2.75) is 12.0 Å². The summed E-state index contributed by atoms with van der Waals surface area (Å²) in [6.07, 6.45) is 0. The van der Waals surface area contributed by atoms with E-state index < -0.39 is 0 Å². The summed E-state index contributed by atoms with van der Waals surface area (Å²) in [6.45, 7) is 0. The number of amides is 1. The second-order valence-electron chi connectivity index (χ2n) is 7.32. The molecule has 0 spiro atoms. The summed E-state index contributed by atoms with van der Waals surface area (Å²) in [6, 6.07) is 19.1. The zero-order chi connectivity index (χ0) is 22.8. The maximum absolute atomic E-state index is 13.5. The molecule has 0 aliphatic carbocycles. The number of hydrogen-bond donors (Lipinski definition) is 0. The smallest absolute Gasteiger partial charge is 0.237 e. The summed E-state index contributed by atoms with van der Waals surface area (Å²) in [5.74, 6) is 1.89. The van der Waals surface area contributed by atoms with Crippen LogP contribution in [0.25, 0.3) is 0 Å². The SMILES string of the molecule is COc1ccc([C@@H]2[C@@H](c3ccccc3)C(=O)N2c2cc(OC)c(OC)c(OC)c2)cc1Br. The molecule has 0 unspecified atom stereocenters. The topological polar surface area (TPSA) is 57.2 Å². The second-order valence-corrected chi connectivity index (χ2v) is 8.17. The van der Waals surface area contributed by atoms with Crippen molar-refractivity contribution in [3.05, 3.63) is 76.3 Å². The molecule has 0 aromatic heterocycles. The van der Waals surface area contributed by atoms with Crippen LogP contribution in [0, 0.1) is 0 Å². The molecule has 1 saturated heterocycles. The highest BCUT2D eigenvalue weighted by Gasteiger charge is 2.50. The van der Waals surface area contributed by atoms with E-state index in [4.69, 9.17) is 18.9 Å². The van der Waals surface area contributed by atoms with Gasteiger partial charge >= 0.3 is 0 Å². The van der Waals surface area contributed by atoms with E-state index in [1.807, 2.05) is 48.5 Å². The molecule has 0 bridgehead atoms. The molecule has 4 rings (SSSR count). The van der Waals surface area contributed by atoms with E-state index in [1.165, 1.54) is 0 Å². The Bertz CT molecular complexity index is 1110. The van der Waals surface area contributed by atoms with Gasteiger partial charge in [0.25, 0.3) is 0 Å². The minimum Gasteiger partial charge on any atom is -0.496 e. The Morgan fingerprint density at radius 3 is 1.91 bits per heavy atom. The fourth-order valence-electron chi connectivity index (χ4n) is 4.18. The van der Waals surface area contributed by atoms with Gasteiger partial charge in [0.15, 0.2) is 11.5 Å². The van der Waals surface area contributed by atoms with Crippen molar-refractivity contribution in [2.24, 2.45) is 0 Å². The molecule has 1 amide bonds. The summed E-state index contributed by atoms with van der Waals surface area (Å²) in [5.41, 5.74) is 2.63. The average Bonchev–Trinajstić information content (AvgIpc) is 2.82. The Morgan fingerprint density at radius 2 is 1.38 bits per heavy atom. The van der Waals surface area contributed by atoms with E-state index >= 15 is 0 Å². The third-order valence-electron chi connectivity index (χ3n) is 5.70. The Labute approximate surface area is 195 Å². The Hall–Kier alpha value is -3.19. The van der Waals surface area contributed by atoms with Gasteiger partial charge in [-0.1, -0.05) is 36.4 Å². The van der Waals surface area contributed by atoms with Gasteiger partial charge in [-0.25, -0.2) is 0 Å². The molecule has 0 N–H and O–H groups in total. The number of anilines is 1. The second kappa shape index (κ2) is 9.12. The molecule has 3 aromatic carbocycles. The van der Waals surface area contributed by atoms with Crippen LogP contribution in [0.2, 0.25) is 0 Å². The lowest BCUT2D eigenvalue weighted by Gasteiger charge is -2.48. The summed E-state index contributed by atoms with van der Waals surface area (Å²) < 4.78 is 22.7. The first-order chi connectivity index (χ1) is 15.5. The fraction of sp³-hybridized carbons (Fsp3) is 0.240. The highest BCUT2D eigenvalue weighted by molar-refractivity contribution is 9.10. The number of ether oxygens (including phenoxy) is 4. The van der Waals surface area contributed by atoms with Gasteiger partial charge in [-0.05, 0) is 39.2 Å². The van der Waals surface area contributed by atoms with Gasteiger partial charge < -0.3 is 23.8 Å². The number of carbonyl (C=O) groups is 1. The van der Waals surface area contributed by atoms with Crippen molar-refractivity contribution in [3.8, 4) is 23.0 Å². The van der Waals surface area contributed by atoms with Crippen LogP contribution in [0.15, 0.2) is 65.1 Å². The molecule has 0 saturated carbocycles. The van der Waals surface area contributed by atoms with E-state index in [2.05, 4.69) is 15.9 Å². The molecular formula is C25H24BrNO5. The summed E-state index contributed by atoms with van der Waals surface area (Å²) in [4.78, 5) is 15.3. The predicted octanol–water partition coefficient (Wildman–Crippen LogP) is 5.36. The van der Waals surface area contributed by atoms with E-state index in [0.717, 1.165) is 21.3 Å². The minimum absolute atomic E-state index is 0.00223. The monoisotopic (exact) mass is 497 g/mol. The zero-order valence-electron chi connectivity index (χ0n) is 18.3. The third kappa shape index (κ3) is 3.66. The van der Waals surface area contributed by atoms with Gasteiger partial charge in [0.1, 0.15) is 5.75 Å². The first-order valence-corrected chi connectivity index (χ1v) is 10.8. The van der Waals surface area contributed by atoms with Crippen molar-refractivity contribution in [1.82, 2.24) is 0 Å². The maximum Gasteiger partial charge on any atom is 0.237 e. The number of nitrogens with zero attached hydrogens (tertiary/aromatic N) is 1. The molecule has 1 fully saturated rings. The largest absolute Gasteiger partial charge is 0.496 e. The number of benzene rings is 3. The molecule has 1 heterocycles. The summed E-state index contributed by atoms with van der Waals surface area (Å²) in [5, 5.41) is 0. The molecule has 6 nitrogen and oxygen atoms in total. The molecule has 7 heteroatoms. The molecule has 3 aromatic rings. The van der Waals surface area contributed by atoms with Crippen LogP contribution in [0.5, 0.6) is 23.0 Å². The lowest BCUT2D eigenvalue weighted by Crippen LogP contribution is -2.53. The summed E-state index contributed by atoms with van der Waals surface area (Å²) in [7, 11) is 6.30. The van der Waals surface area contributed by atoms with Crippen molar-refractivity contribution >= 4 is 27.5 Å². The predicted molar refractivity (Wildman–Crippen MR) is 126 cm³/mol. The number of methoxy groups -OCH3 is 4. The standard InChI is InChI=1S/C25H24BrNO5/c1-29-19-11-10-16(12-18(19)26)23-22(15-8-6-5-7-9-15)25(28)27(23)17-13-20(30-2)24(32-4)21(14-17)31-3/h5-14,22-23H,1-4H3/t22-,23-/m1/s1. The van der Waals surface area contributed by atoms with Crippen LogP contribution >= 0.6 is 15.9 Å². The number of β-lactam (4-membered cyclic amide) rings is 1. The average molecular weight is 498 g/mol. The van der Waals surface area contributed by atoms with Gasteiger partial charge in [-0.15, -0.1) is 0 Å². The molecule has 32 heavy (non-hydrogen) atoms. The molecule has 1 aliphatic rings. The quantitative estimate of drug-likeness (QED) is 0.411. The van der Waals surface area contributed by atoms with Crippen molar-refractivity contribution < 1.29 is 23.7 Å². The lowest BCUT2D eigenvalue weighted by atomic mass is 9.77. The lowest BCUT2D eigenvalue weighted by molar-refractivity contribution is -0.126. The van der Waals surface area contributed by atoms with Crippen molar-refractivity contribution in [1.29, 1.82) is 0 Å². The van der Waals surface area contributed by atoms with Crippen LogP contribution in [0.1, 0.15) is 23.1 Å². The summed E-state index contributed by atoms with van der Waals surface area (Å²) >= 11 is 3.58. The van der Waals surface area contributed by atoms with E-state index in [9.17, 15) is 4.79 Å². The number of carbonyl (C=O) groups excluding carboxylic acids is 1. The Kier molecular flexibility index (Phi) is 6.28. The first-order valence-electron chi connectivity index (χ1n) is 10.1. The van der Waals surface area contributed by atoms with Gasteiger partial charge in [0.2, 0.25) is 11.7 Å². The Morgan fingerprint density at radius 1 is 0.750 bits per heavy atom. The van der Waals surface area contributed by atoms with Gasteiger partial charge in [-0.2, -0.15) is 0 Å². The van der Waals surface area contributed by atoms with Crippen LogP contribution in [-0.4, -0.2) is 34.3 Å². The van der Waals surface area contributed by atoms with E-state index in [-0.39, 0.29) is 17.9 Å². The van der Waals surface area contributed by atoms with E-state index in [0.29, 0.717) is 22.9 Å². The van der Waals surface area contributed by atoms with Gasteiger partial charge in [-0.3, -0.25) is 4.79 Å². The van der Waals surface area contributed by atoms with Crippen LogP contribution in [-0.2, 0) is 4.79 Å². The number of rotatable bonds is 7. The van der Waals surface area contributed by atoms with Crippen LogP contribution < -0.4 is 23.8 Å². The first kappa shape index (κ1) is 22.0. The highest BCUT2D eigenvalue weighted by Crippen LogP contribution is 2.52. The normalized spacial score (nSPS) is 17.5.